The highest BCUT2D eigenvalue weighted by molar-refractivity contribution is 7.80. The van der Waals surface area contributed by atoms with Gasteiger partial charge in [-0.2, -0.15) is 0 Å². The molecule has 3 rings (SSSR count). The van der Waals surface area contributed by atoms with E-state index in [-0.39, 0.29) is 10.7 Å². The molecule has 1 aliphatic heterocycles. The lowest BCUT2D eigenvalue weighted by molar-refractivity contribution is -0.122. The van der Waals surface area contributed by atoms with Gasteiger partial charge in [0.2, 0.25) is 0 Å². The summed E-state index contributed by atoms with van der Waals surface area (Å²) in [6.45, 7) is 1.88. The third kappa shape index (κ3) is 3.54. The molecule has 1 fully saturated rings. The number of hydrogen-bond donors (Lipinski definition) is 1. The van der Waals surface area contributed by atoms with Gasteiger partial charge in [-0.25, -0.2) is 4.90 Å². The predicted molar refractivity (Wildman–Crippen MR) is 107 cm³/mol. The van der Waals surface area contributed by atoms with Gasteiger partial charge in [-0.1, -0.05) is 18.2 Å². The highest BCUT2D eigenvalue weighted by Gasteiger charge is 2.35. The Bertz CT molecular complexity index is 968. The highest BCUT2D eigenvalue weighted by atomic mass is 32.1. The summed E-state index contributed by atoms with van der Waals surface area (Å²) in [7, 11) is 3.09. The molecule has 1 saturated heterocycles. The lowest BCUT2D eigenvalue weighted by Crippen LogP contribution is -2.54. The molecule has 0 radical (unpaired) electrons. The second-order valence-electron chi connectivity index (χ2n) is 5.85. The number of thiocarbonyl (C=S) groups is 1. The van der Waals surface area contributed by atoms with E-state index in [9.17, 15) is 9.59 Å². The zero-order valence-electron chi connectivity index (χ0n) is 15.1. The van der Waals surface area contributed by atoms with Crippen molar-refractivity contribution in [1.82, 2.24) is 5.32 Å². The number of ether oxygens (including phenoxy) is 2. The van der Waals surface area contributed by atoms with Crippen LogP contribution in [0, 0.1) is 6.92 Å². The number of benzene rings is 2. The molecule has 2 amide bonds. The number of carbonyl (C=O) groups excluding carboxylic acids is 2. The monoisotopic (exact) mass is 382 g/mol. The maximum absolute atomic E-state index is 13.1. The summed E-state index contributed by atoms with van der Waals surface area (Å²) in [4.78, 5) is 26.8. The fraction of sp³-hybridized carbons (Fsp3) is 0.150. The number of para-hydroxylation sites is 2. The molecule has 2 aromatic carbocycles. The molecule has 0 aromatic heterocycles. The van der Waals surface area contributed by atoms with Gasteiger partial charge in [0.1, 0.15) is 17.1 Å². The second kappa shape index (κ2) is 7.59. The number of amides is 2. The molecular weight excluding hydrogens is 364 g/mol. The quantitative estimate of drug-likeness (QED) is 0.500. The van der Waals surface area contributed by atoms with Crippen molar-refractivity contribution < 1.29 is 19.1 Å². The smallest absolute Gasteiger partial charge is 0.270 e. The number of methoxy groups -OCH3 is 2. The van der Waals surface area contributed by atoms with E-state index in [1.807, 2.05) is 13.0 Å². The molecule has 0 aliphatic carbocycles. The van der Waals surface area contributed by atoms with Crippen LogP contribution in [0.25, 0.3) is 6.08 Å². The number of aryl methyl sites for hydroxylation is 1. The van der Waals surface area contributed by atoms with E-state index in [0.29, 0.717) is 17.2 Å². The average Bonchev–Trinajstić information content (AvgIpc) is 2.66. The first-order valence-corrected chi connectivity index (χ1v) is 8.56. The Morgan fingerprint density at radius 2 is 1.81 bits per heavy atom. The third-order valence-electron chi connectivity index (χ3n) is 4.20. The molecule has 7 heteroatoms. The minimum Gasteiger partial charge on any atom is -0.497 e. The van der Waals surface area contributed by atoms with Crippen LogP contribution in [0.15, 0.2) is 48.0 Å². The van der Waals surface area contributed by atoms with Crippen molar-refractivity contribution in [2.75, 3.05) is 19.1 Å². The minimum absolute atomic E-state index is 0.0113. The Hall–Kier alpha value is -3.19. The topological polar surface area (TPSA) is 67.9 Å². The molecule has 0 unspecified atom stereocenters. The minimum atomic E-state index is -0.536. The van der Waals surface area contributed by atoms with Crippen molar-refractivity contribution >= 4 is 40.9 Å². The zero-order chi connectivity index (χ0) is 19.6. The Morgan fingerprint density at radius 1 is 1.07 bits per heavy atom. The summed E-state index contributed by atoms with van der Waals surface area (Å²) in [5, 5.41) is 2.58. The Kier molecular flexibility index (Phi) is 5.23. The van der Waals surface area contributed by atoms with Crippen LogP contribution in [0.3, 0.4) is 0 Å². The number of carbonyl (C=O) groups is 2. The first-order chi connectivity index (χ1) is 13.0. The average molecular weight is 382 g/mol. The van der Waals surface area contributed by atoms with Crippen molar-refractivity contribution in [3.05, 3.63) is 59.2 Å². The van der Waals surface area contributed by atoms with E-state index in [2.05, 4.69) is 5.32 Å². The molecule has 6 nitrogen and oxygen atoms in total. The predicted octanol–water partition coefficient (Wildman–Crippen LogP) is 2.84. The van der Waals surface area contributed by atoms with Crippen molar-refractivity contribution in [2.24, 2.45) is 0 Å². The summed E-state index contributed by atoms with van der Waals surface area (Å²) >= 11 is 5.22. The van der Waals surface area contributed by atoms with Crippen LogP contribution in [-0.2, 0) is 9.59 Å². The number of anilines is 1. The second-order valence-corrected chi connectivity index (χ2v) is 6.24. The first-order valence-electron chi connectivity index (χ1n) is 8.15. The third-order valence-corrected chi connectivity index (χ3v) is 4.49. The van der Waals surface area contributed by atoms with Gasteiger partial charge in [0, 0.05) is 0 Å². The van der Waals surface area contributed by atoms with Gasteiger partial charge in [-0.05, 0) is 60.6 Å². The van der Waals surface area contributed by atoms with Crippen molar-refractivity contribution in [3.63, 3.8) is 0 Å². The van der Waals surface area contributed by atoms with E-state index in [4.69, 9.17) is 21.7 Å². The van der Waals surface area contributed by atoms with E-state index >= 15 is 0 Å². The summed E-state index contributed by atoms with van der Waals surface area (Å²) in [6, 6.07) is 12.4. The summed E-state index contributed by atoms with van der Waals surface area (Å²) in [6.07, 6.45) is 1.55. The fourth-order valence-electron chi connectivity index (χ4n) is 2.78. The summed E-state index contributed by atoms with van der Waals surface area (Å²) < 4.78 is 10.5. The van der Waals surface area contributed by atoms with Crippen LogP contribution in [0.1, 0.15) is 11.1 Å². The van der Waals surface area contributed by atoms with Gasteiger partial charge in [-0.3, -0.25) is 14.9 Å². The van der Waals surface area contributed by atoms with Gasteiger partial charge in [-0.15, -0.1) is 0 Å². The van der Waals surface area contributed by atoms with Gasteiger partial charge >= 0.3 is 0 Å². The molecule has 0 bridgehead atoms. The zero-order valence-corrected chi connectivity index (χ0v) is 15.9. The molecule has 0 saturated carbocycles. The van der Waals surface area contributed by atoms with E-state index in [0.717, 1.165) is 11.1 Å². The lowest BCUT2D eigenvalue weighted by atomic mass is 10.0. The SMILES string of the molecule is COc1ccc(/C=C2\C(=O)NC(=S)N(c3ccccc3OC)C2=O)c(C)c1. The Labute approximate surface area is 162 Å². The van der Waals surface area contributed by atoms with Crippen LogP contribution in [0.2, 0.25) is 0 Å². The standard InChI is InChI=1S/C20H18N2O4S/c1-12-10-14(25-2)9-8-13(12)11-15-18(23)21-20(27)22(19(15)24)16-6-4-5-7-17(16)26-3/h4-11H,1-3H3,(H,21,23,27)/b15-11+. The van der Waals surface area contributed by atoms with Crippen LogP contribution in [0.4, 0.5) is 5.69 Å². The van der Waals surface area contributed by atoms with Crippen LogP contribution in [-0.4, -0.2) is 31.1 Å². The maximum atomic E-state index is 13.1. The van der Waals surface area contributed by atoms with Crippen molar-refractivity contribution in [2.45, 2.75) is 6.92 Å². The van der Waals surface area contributed by atoms with E-state index < -0.39 is 11.8 Å². The molecule has 1 aliphatic rings. The molecule has 0 atom stereocenters. The molecule has 0 spiro atoms. The number of nitrogens with zero attached hydrogens (tertiary/aromatic N) is 1. The molecular formula is C20H18N2O4S. The van der Waals surface area contributed by atoms with Gasteiger partial charge in [0.25, 0.3) is 11.8 Å². The van der Waals surface area contributed by atoms with Gasteiger partial charge in [0.05, 0.1) is 19.9 Å². The number of nitrogens with one attached hydrogen (secondary N) is 1. The van der Waals surface area contributed by atoms with Crippen molar-refractivity contribution in [1.29, 1.82) is 0 Å². The largest absolute Gasteiger partial charge is 0.497 e. The normalized spacial score (nSPS) is 15.7. The Morgan fingerprint density at radius 3 is 2.48 bits per heavy atom. The van der Waals surface area contributed by atoms with E-state index in [1.165, 1.54) is 12.0 Å². The van der Waals surface area contributed by atoms with Crippen LogP contribution in [0.5, 0.6) is 11.5 Å². The lowest BCUT2D eigenvalue weighted by Gasteiger charge is -2.29. The van der Waals surface area contributed by atoms with Gasteiger partial charge in [0.15, 0.2) is 5.11 Å². The van der Waals surface area contributed by atoms with E-state index in [1.54, 1.807) is 49.6 Å². The van der Waals surface area contributed by atoms with Crippen LogP contribution < -0.4 is 19.7 Å². The molecule has 1 N–H and O–H groups in total. The Balaban J connectivity index is 2.05. The molecule has 1 heterocycles. The fourth-order valence-corrected chi connectivity index (χ4v) is 3.06. The van der Waals surface area contributed by atoms with Crippen LogP contribution >= 0.6 is 12.2 Å². The molecule has 2 aromatic rings. The molecule has 138 valence electrons. The first kappa shape index (κ1) is 18.6. The van der Waals surface area contributed by atoms with Crippen molar-refractivity contribution in [3.8, 4) is 11.5 Å². The maximum Gasteiger partial charge on any atom is 0.270 e. The molecule has 27 heavy (non-hydrogen) atoms. The summed E-state index contributed by atoms with van der Waals surface area (Å²) in [5.74, 6) is 0.130. The summed E-state index contributed by atoms with van der Waals surface area (Å²) in [5.41, 5.74) is 2.07. The number of rotatable bonds is 4. The van der Waals surface area contributed by atoms with Gasteiger partial charge < -0.3 is 9.47 Å². The highest BCUT2D eigenvalue weighted by Crippen LogP contribution is 2.31. The number of hydrogen-bond acceptors (Lipinski definition) is 5.